The summed E-state index contributed by atoms with van der Waals surface area (Å²) in [6.07, 6.45) is 9.02. The molecule has 0 unspecified atom stereocenters. The topological polar surface area (TPSA) is 55.8 Å². The van der Waals surface area contributed by atoms with Gasteiger partial charge in [0.25, 0.3) is 0 Å². The van der Waals surface area contributed by atoms with Gasteiger partial charge in [-0.05, 0) is 56.9 Å². The molecule has 2 saturated heterocycles. The molecule has 28 heavy (non-hydrogen) atoms. The van der Waals surface area contributed by atoms with E-state index in [4.69, 9.17) is 9.47 Å². The van der Waals surface area contributed by atoms with Crippen LogP contribution < -0.4 is 0 Å². The van der Waals surface area contributed by atoms with Gasteiger partial charge in [-0.3, -0.25) is 9.59 Å². The number of fused-ring (bicyclic) bond motifs is 2. The quantitative estimate of drug-likeness (QED) is 0.543. The van der Waals surface area contributed by atoms with E-state index in [-0.39, 0.29) is 41.2 Å². The second-order valence-corrected chi connectivity index (χ2v) is 9.69. The lowest BCUT2D eigenvalue weighted by atomic mass is 9.59. The first-order valence-corrected chi connectivity index (χ1v) is 11.2. The molecule has 0 radical (unpaired) electrons. The number of piperidine rings is 1. The van der Waals surface area contributed by atoms with Gasteiger partial charge in [0, 0.05) is 19.0 Å². The predicted octanol–water partition coefficient (Wildman–Crippen LogP) is 3.58. The van der Waals surface area contributed by atoms with Gasteiger partial charge in [-0.25, -0.2) is 0 Å². The number of likely N-dealkylation sites (tertiary alicyclic amines) is 1. The SMILES string of the molecule is CCOC(=O)[C@H]1CCCN(C[C@H]2C(=O)O[C@@H]3C[C@@]4(C)CCC[C@H](C)C4=C[C@@H]32)C1. The average Bonchev–Trinajstić information content (AvgIpc) is 2.94. The van der Waals surface area contributed by atoms with Crippen LogP contribution in [0.5, 0.6) is 0 Å². The lowest BCUT2D eigenvalue weighted by Crippen LogP contribution is -2.44. The van der Waals surface area contributed by atoms with E-state index in [1.165, 1.54) is 19.3 Å². The van der Waals surface area contributed by atoms with Crippen molar-refractivity contribution in [3.63, 3.8) is 0 Å². The molecule has 156 valence electrons. The zero-order valence-electron chi connectivity index (χ0n) is 17.6. The Morgan fingerprint density at radius 1 is 1.36 bits per heavy atom. The Hall–Kier alpha value is -1.36. The standard InChI is InChI=1S/C23H35NO4/c1-4-27-21(25)16-8-6-10-24(13-16)14-18-17-11-19-15(2)7-5-9-23(19,3)12-20(17)28-22(18)26/h11,15-18,20H,4-10,12-14H2,1-3H3/t15-,16-,17+,18+,20+,23+/m0/s1. The number of carbonyl (C=O) groups excluding carboxylic acids is 2. The van der Waals surface area contributed by atoms with Crippen molar-refractivity contribution in [3.05, 3.63) is 11.6 Å². The van der Waals surface area contributed by atoms with Crippen LogP contribution in [0.25, 0.3) is 0 Å². The number of nitrogens with zero attached hydrogens (tertiary/aromatic N) is 1. The molecule has 0 aromatic rings. The van der Waals surface area contributed by atoms with Crippen molar-refractivity contribution < 1.29 is 19.1 Å². The summed E-state index contributed by atoms with van der Waals surface area (Å²) in [7, 11) is 0. The largest absolute Gasteiger partial charge is 0.466 e. The summed E-state index contributed by atoms with van der Waals surface area (Å²) in [5.74, 6) is 0.509. The molecule has 0 spiro atoms. The molecule has 1 saturated carbocycles. The maximum Gasteiger partial charge on any atom is 0.311 e. The van der Waals surface area contributed by atoms with Crippen LogP contribution in [0, 0.1) is 29.1 Å². The highest BCUT2D eigenvalue weighted by Gasteiger charge is 2.52. The molecule has 5 heteroatoms. The van der Waals surface area contributed by atoms with Gasteiger partial charge in [0.05, 0.1) is 18.4 Å². The van der Waals surface area contributed by atoms with E-state index < -0.39 is 0 Å². The van der Waals surface area contributed by atoms with Crippen molar-refractivity contribution in [3.8, 4) is 0 Å². The second-order valence-electron chi connectivity index (χ2n) is 9.69. The zero-order chi connectivity index (χ0) is 19.9. The highest BCUT2D eigenvalue weighted by molar-refractivity contribution is 5.76. The molecule has 5 nitrogen and oxygen atoms in total. The van der Waals surface area contributed by atoms with E-state index in [0.717, 1.165) is 25.8 Å². The molecular weight excluding hydrogens is 354 g/mol. The van der Waals surface area contributed by atoms with Crippen molar-refractivity contribution in [1.82, 2.24) is 4.90 Å². The monoisotopic (exact) mass is 389 g/mol. The fourth-order valence-corrected chi connectivity index (χ4v) is 6.21. The molecule has 4 aliphatic rings. The molecule has 2 aliphatic carbocycles. The van der Waals surface area contributed by atoms with Crippen LogP contribution in [0.2, 0.25) is 0 Å². The van der Waals surface area contributed by atoms with Crippen molar-refractivity contribution in [1.29, 1.82) is 0 Å². The number of allylic oxidation sites excluding steroid dienone is 1. The van der Waals surface area contributed by atoms with Gasteiger partial charge < -0.3 is 14.4 Å². The van der Waals surface area contributed by atoms with Gasteiger partial charge in [-0.15, -0.1) is 0 Å². The van der Waals surface area contributed by atoms with E-state index >= 15 is 0 Å². The summed E-state index contributed by atoms with van der Waals surface area (Å²) in [5, 5.41) is 0. The number of ether oxygens (including phenoxy) is 2. The average molecular weight is 390 g/mol. The molecular formula is C23H35NO4. The Labute approximate surface area is 168 Å². The first-order valence-electron chi connectivity index (χ1n) is 11.2. The van der Waals surface area contributed by atoms with Crippen LogP contribution in [-0.2, 0) is 19.1 Å². The first kappa shape index (κ1) is 19.9. The highest BCUT2D eigenvalue weighted by atomic mass is 16.6. The van der Waals surface area contributed by atoms with E-state index in [1.54, 1.807) is 5.57 Å². The highest BCUT2D eigenvalue weighted by Crippen LogP contribution is 2.54. The number of rotatable bonds is 4. The Balaban J connectivity index is 1.48. The molecule has 2 aliphatic heterocycles. The van der Waals surface area contributed by atoms with Crippen molar-refractivity contribution in [2.45, 2.75) is 65.4 Å². The van der Waals surface area contributed by atoms with Crippen molar-refractivity contribution >= 4 is 11.9 Å². The van der Waals surface area contributed by atoms with E-state index in [0.29, 0.717) is 25.6 Å². The van der Waals surface area contributed by atoms with E-state index in [9.17, 15) is 9.59 Å². The second kappa shape index (κ2) is 7.81. The van der Waals surface area contributed by atoms with Gasteiger partial charge in [0.1, 0.15) is 6.10 Å². The van der Waals surface area contributed by atoms with Crippen LogP contribution in [0.1, 0.15) is 59.3 Å². The van der Waals surface area contributed by atoms with E-state index in [1.807, 2.05) is 6.92 Å². The lowest BCUT2D eigenvalue weighted by Gasteiger charge is -2.46. The number of carbonyl (C=O) groups is 2. The maximum atomic E-state index is 12.8. The summed E-state index contributed by atoms with van der Waals surface area (Å²) < 4.78 is 11.1. The van der Waals surface area contributed by atoms with Crippen LogP contribution in [0.3, 0.4) is 0 Å². The minimum Gasteiger partial charge on any atom is -0.466 e. The molecule has 0 bridgehead atoms. The molecule has 6 atom stereocenters. The maximum absolute atomic E-state index is 12.8. The minimum absolute atomic E-state index is 0.0298. The third-order valence-corrected chi connectivity index (χ3v) is 7.66. The smallest absolute Gasteiger partial charge is 0.311 e. The Morgan fingerprint density at radius 3 is 2.96 bits per heavy atom. The molecule has 4 rings (SSSR count). The molecule has 2 heterocycles. The predicted molar refractivity (Wildman–Crippen MR) is 106 cm³/mol. The number of hydrogen-bond acceptors (Lipinski definition) is 5. The van der Waals surface area contributed by atoms with Crippen LogP contribution in [0.4, 0.5) is 0 Å². The normalized spacial score (nSPS) is 40.9. The van der Waals surface area contributed by atoms with Crippen LogP contribution in [0.15, 0.2) is 11.6 Å². The van der Waals surface area contributed by atoms with Crippen molar-refractivity contribution in [2.75, 3.05) is 26.2 Å². The summed E-state index contributed by atoms with van der Waals surface area (Å²) in [5.41, 5.74) is 1.76. The van der Waals surface area contributed by atoms with Crippen LogP contribution >= 0.6 is 0 Å². The summed E-state index contributed by atoms with van der Waals surface area (Å²) in [4.78, 5) is 27.2. The Kier molecular flexibility index (Phi) is 5.56. The van der Waals surface area contributed by atoms with Gasteiger partial charge in [-0.2, -0.15) is 0 Å². The minimum atomic E-state index is -0.0999. The van der Waals surface area contributed by atoms with Gasteiger partial charge in [0.15, 0.2) is 0 Å². The zero-order valence-corrected chi connectivity index (χ0v) is 17.6. The van der Waals surface area contributed by atoms with Gasteiger partial charge >= 0.3 is 11.9 Å². The van der Waals surface area contributed by atoms with Crippen molar-refractivity contribution in [2.24, 2.45) is 29.1 Å². The van der Waals surface area contributed by atoms with Crippen LogP contribution in [-0.4, -0.2) is 49.2 Å². The number of hydrogen-bond donors (Lipinski definition) is 0. The molecule has 3 fully saturated rings. The Bertz CT molecular complexity index is 659. The van der Waals surface area contributed by atoms with Gasteiger partial charge in [0.2, 0.25) is 0 Å². The molecule has 0 aromatic carbocycles. The third-order valence-electron chi connectivity index (χ3n) is 7.66. The molecule has 0 amide bonds. The number of esters is 2. The molecule has 0 N–H and O–H groups in total. The molecule has 0 aromatic heterocycles. The lowest BCUT2D eigenvalue weighted by molar-refractivity contribution is -0.150. The third kappa shape index (κ3) is 3.62. The van der Waals surface area contributed by atoms with Gasteiger partial charge in [-0.1, -0.05) is 31.9 Å². The summed E-state index contributed by atoms with van der Waals surface area (Å²) in [6, 6.07) is 0. The fraction of sp³-hybridized carbons (Fsp3) is 0.826. The van der Waals surface area contributed by atoms with E-state index in [2.05, 4.69) is 24.8 Å². The first-order chi connectivity index (χ1) is 13.4. The fourth-order valence-electron chi connectivity index (χ4n) is 6.21. The Morgan fingerprint density at radius 2 is 2.18 bits per heavy atom. The summed E-state index contributed by atoms with van der Waals surface area (Å²) >= 11 is 0. The summed E-state index contributed by atoms with van der Waals surface area (Å²) in [6.45, 7) is 9.32.